The van der Waals surface area contributed by atoms with Gasteiger partial charge in [0.25, 0.3) is 11.6 Å². The van der Waals surface area contributed by atoms with Crippen LogP contribution in [0.5, 0.6) is 0 Å². The van der Waals surface area contributed by atoms with Crippen molar-refractivity contribution in [3.05, 3.63) is 33.9 Å². The van der Waals surface area contributed by atoms with E-state index in [1.54, 1.807) is 12.1 Å². The molecule has 0 radical (unpaired) electrons. The van der Waals surface area contributed by atoms with Gasteiger partial charge in [-0.1, -0.05) is 19.3 Å². The van der Waals surface area contributed by atoms with E-state index in [0.717, 1.165) is 37.4 Å². The van der Waals surface area contributed by atoms with Crippen molar-refractivity contribution in [2.24, 2.45) is 0 Å². The number of thioether (sulfide) groups is 1. The maximum atomic E-state index is 11.8. The molecule has 1 aromatic rings. The van der Waals surface area contributed by atoms with Gasteiger partial charge in [0.15, 0.2) is 0 Å². The summed E-state index contributed by atoms with van der Waals surface area (Å²) in [7, 11) is 1.52. The van der Waals surface area contributed by atoms with Gasteiger partial charge < -0.3 is 10.6 Å². The molecule has 0 bridgehead atoms. The van der Waals surface area contributed by atoms with E-state index in [9.17, 15) is 14.9 Å². The van der Waals surface area contributed by atoms with Crippen molar-refractivity contribution in [1.82, 2.24) is 10.2 Å². The van der Waals surface area contributed by atoms with Gasteiger partial charge >= 0.3 is 0 Å². The zero-order valence-corrected chi connectivity index (χ0v) is 16.6. The van der Waals surface area contributed by atoms with Crippen molar-refractivity contribution in [2.75, 3.05) is 43.5 Å². The number of amides is 1. The molecule has 0 spiro atoms. The normalized spacial score (nSPS) is 20.0. The summed E-state index contributed by atoms with van der Waals surface area (Å²) < 4.78 is 0. The van der Waals surface area contributed by atoms with E-state index in [4.69, 9.17) is 0 Å². The van der Waals surface area contributed by atoms with E-state index in [0.29, 0.717) is 17.8 Å². The monoisotopic (exact) mass is 392 g/mol. The Labute approximate surface area is 164 Å². The molecule has 148 valence electrons. The molecule has 3 rings (SSSR count). The Kier molecular flexibility index (Phi) is 6.59. The topological polar surface area (TPSA) is 87.5 Å². The van der Waals surface area contributed by atoms with Crippen LogP contribution in [0.15, 0.2) is 18.2 Å². The van der Waals surface area contributed by atoms with Crippen LogP contribution in [0, 0.1) is 10.1 Å². The molecule has 1 aromatic carbocycles. The Morgan fingerprint density at radius 1 is 1.26 bits per heavy atom. The minimum Gasteiger partial charge on any atom is -0.378 e. The molecule has 1 amide bonds. The summed E-state index contributed by atoms with van der Waals surface area (Å²) in [5.74, 6) is 1.99. The van der Waals surface area contributed by atoms with Crippen molar-refractivity contribution in [1.29, 1.82) is 0 Å². The largest absolute Gasteiger partial charge is 0.378 e. The number of rotatable bonds is 6. The van der Waals surface area contributed by atoms with Gasteiger partial charge in [-0.05, 0) is 25.0 Å². The molecule has 1 aliphatic heterocycles. The van der Waals surface area contributed by atoms with E-state index in [1.165, 1.54) is 32.4 Å². The zero-order chi connectivity index (χ0) is 19.3. The van der Waals surface area contributed by atoms with Crippen molar-refractivity contribution < 1.29 is 9.72 Å². The number of carbonyl (C=O) groups is 1. The van der Waals surface area contributed by atoms with Crippen LogP contribution in [0.1, 0.15) is 42.5 Å². The average Bonchev–Trinajstić information content (AvgIpc) is 2.72. The summed E-state index contributed by atoms with van der Waals surface area (Å²) in [5.41, 5.74) is 0.822. The molecule has 1 saturated carbocycles. The van der Waals surface area contributed by atoms with E-state index in [1.807, 2.05) is 11.8 Å². The molecule has 0 unspecified atom stereocenters. The van der Waals surface area contributed by atoms with Gasteiger partial charge in [0.2, 0.25) is 0 Å². The van der Waals surface area contributed by atoms with Gasteiger partial charge in [0, 0.05) is 55.4 Å². The van der Waals surface area contributed by atoms with E-state index in [2.05, 4.69) is 15.5 Å². The van der Waals surface area contributed by atoms with Crippen LogP contribution in [0.25, 0.3) is 0 Å². The third-order valence-electron chi connectivity index (χ3n) is 5.76. The van der Waals surface area contributed by atoms with Crippen molar-refractivity contribution in [2.45, 2.75) is 37.6 Å². The second-order valence-electron chi connectivity index (χ2n) is 7.31. The quantitative estimate of drug-likeness (QED) is 0.571. The van der Waals surface area contributed by atoms with Crippen molar-refractivity contribution in [3.8, 4) is 0 Å². The highest BCUT2D eigenvalue weighted by Crippen LogP contribution is 2.36. The molecule has 8 heteroatoms. The van der Waals surface area contributed by atoms with Gasteiger partial charge in [-0.15, -0.1) is 0 Å². The first kappa shape index (κ1) is 19.9. The van der Waals surface area contributed by atoms with Crippen LogP contribution in [0.4, 0.5) is 11.4 Å². The molecule has 7 nitrogen and oxygen atoms in total. The minimum absolute atomic E-state index is 0.0451. The lowest BCUT2D eigenvalue weighted by Crippen LogP contribution is -2.57. The van der Waals surface area contributed by atoms with Crippen molar-refractivity contribution in [3.63, 3.8) is 0 Å². The molecule has 1 aliphatic carbocycles. The number of hydrogen-bond donors (Lipinski definition) is 2. The van der Waals surface area contributed by atoms with Gasteiger partial charge in [-0.25, -0.2) is 0 Å². The van der Waals surface area contributed by atoms with Crippen LogP contribution in [0.2, 0.25) is 0 Å². The number of nitro groups is 1. The fourth-order valence-corrected chi connectivity index (χ4v) is 5.13. The predicted molar refractivity (Wildman–Crippen MR) is 110 cm³/mol. The Bertz CT molecular complexity index is 686. The van der Waals surface area contributed by atoms with E-state index >= 15 is 0 Å². The Morgan fingerprint density at radius 3 is 2.59 bits per heavy atom. The third kappa shape index (κ3) is 4.55. The van der Waals surface area contributed by atoms with Gasteiger partial charge in [0.1, 0.15) is 5.69 Å². The molecule has 1 saturated heterocycles. The van der Waals surface area contributed by atoms with Crippen LogP contribution < -0.4 is 10.6 Å². The molecular weight excluding hydrogens is 364 g/mol. The molecule has 1 heterocycles. The minimum atomic E-state index is -0.417. The SMILES string of the molecule is CNC(=O)c1ccc(NCC2(N3CCSCC3)CCCCC2)c([N+](=O)[O-])c1. The highest BCUT2D eigenvalue weighted by Gasteiger charge is 2.38. The van der Waals surface area contributed by atoms with E-state index < -0.39 is 4.92 Å². The summed E-state index contributed by atoms with van der Waals surface area (Å²) in [4.78, 5) is 25.5. The van der Waals surface area contributed by atoms with Gasteiger partial charge in [-0.2, -0.15) is 11.8 Å². The van der Waals surface area contributed by atoms with Gasteiger partial charge in [0.05, 0.1) is 4.92 Å². The lowest BCUT2D eigenvalue weighted by Gasteiger charge is -2.48. The summed E-state index contributed by atoms with van der Waals surface area (Å²) in [6.45, 7) is 2.88. The number of nitrogens with one attached hydrogen (secondary N) is 2. The summed E-state index contributed by atoms with van der Waals surface area (Å²) in [6.07, 6.45) is 5.96. The summed E-state index contributed by atoms with van der Waals surface area (Å²) in [5, 5.41) is 17.4. The first-order chi connectivity index (χ1) is 13.1. The van der Waals surface area contributed by atoms with Crippen LogP contribution in [0.3, 0.4) is 0 Å². The maximum Gasteiger partial charge on any atom is 0.293 e. The lowest BCUT2D eigenvalue weighted by molar-refractivity contribution is -0.384. The summed E-state index contributed by atoms with van der Waals surface area (Å²) >= 11 is 2.00. The molecule has 27 heavy (non-hydrogen) atoms. The maximum absolute atomic E-state index is 11.8. The predicted octanol–water partition coefficient (Wildman–Crippen LogP) is 3.12. The number of carbonyl (C=O) groups excluding carboxylic acids is 1. The molecule has 0 atom stereocenters. The van der Waals surface area contributed by atoms with Crippen LogP contribution in [-0.2, 0) is 0 Å². The van der Waals surface area contributed by atoms with Crippen LogP contribution in [-0.4, -0.2) is 59.5 Å². The first-order valence-corrected chi connectivity index (χ1v) is 10.8. The fraction of sp³-hybridized carbons (Fsp3) is 0.632. The molecule has 2 N–H and O–H groups in total. The van der Waals surface area contributed by atoms with Crippen LogP contribution >= 0.6 is 11.8 Å². The highest BCUT2D eigenvalue weighted by molar-refractivity contribution is 7.99. The second-order valence-corrected chi connectivity index (χ2v) is 8.53. The number of anilines is 1. The van der Waals surface area contributed by atoms with Gasteiger partial charge in [-0.3, -0.25) is 19.8 Å². The second kappa shape index (κ2) is 8.93. The number of hydrogen-bond acceptors (Lipinski definition) is 6. The standard InChI is InChI=1S/C19H28N4O3S/c1-20-18(24)15-5-6-16(17(13-15)23(25)26)21-14-19(7-3-2-4-8-19)22-9-11-27-12-10-22/h5-6,13,21H,2-4,7-12,14H2,1H3,(H,20,24). The molecular formula is C19H28N4O3S. The number of nitrogens with zero attached hydrogens (tertiary/aromatic N) is 2. The Balaban J connectivity index is 1.80. The number of benzene rings is 1. The third-order valence-corrected chi connectivity index (χ3v) is 6.70. The molecule has 2 fully saturated rings. The lowest BCUT2D eigenvalue weighted by atomic mass is 9.80. The van der Waals surface area contributed by atoms with Crippen molar-refractivity contribution >= 4 is 29.0 Å². The Hall–Kier alpha value is -1.80. The molecule has 0 aromatic heterocycles. The highest BCUT2D eigenvalue weighted by atomic mass is 32.2. The average molecular weight is 393 g/mol. The van der Waals surface area contributed by atoms with E-state index in [-0.39, 0.29) is 17.1 Å². The molecule has 2 aliphatic rings. The first-order valence-electron chi connectivity index (χ1n) is 9.63. The smallest absolute Gasteiger partial charge is 0.293 e. The zero-order valence-electron chi connectivity index (χ0n) is 15.8. The fourth-order valence-electron chi connectivity index (χ4n) is 4.23. The summed E-state index contributed by atoms with van der Waals surface area (Å²) in [6, 6.07) is 4.65. The number of nitro benzene ring substituents is 1. The Morgan fingerprint density at radius 2 is 1.96 bits per heavy atom.